The molecule has 2 aromatic carbocycles. The standard InChI is InChI=1S/C22H25FN2O4/c1-17-3-2-4-18(13-17)14-24-9-11-25(12-10-24)21(26)15-29-22(27)16-28-20-7-5-19(23)6-8-20/h2-8,13H,9-12,14-16H2,1H3. The van der Waals surface area contributed by atoms with E-state index in [1.54, 1.807) is 4.90 Å². The summed E-state index contributed by atoms with van der Waals surface area (Å²) in [7, 11) is 0. The van der Waals surface area contributed by atoms with Crippen molar-refractivity contribution in [3.63, 3.8) is 0 Å². The highest BCUT2D eigenvalue weighted by Gasteiger charge is 2.22. The van der Waals surface area contributed by atoms with E-state index in [0.717, 1.165) is 19.6 Å². The summed E-state index contributed by atoms with van der Waals surface area (Å²) in [5.74, 6) is -0.875. The normalized spacial score (nSPS) is 14.5. The van der Waals surface area contributed by atoms with Gasteiger partial charge in [-0.15, -0.1) is 0 Å². The summed E-state index contributed by atoms with van der Waals surface area (Å²) < 4.78 is 23.0. The van der Waals surface area contributed by atoms with E-state index in [1.165, 1.54) is 35.4 Å². The maximum atomic E-state index is 12.8. The molecule has 1 amide bonds. The van der Waals surface area contributed by atoms with Crippen molar-refractivity contribution in [3.8, 4) is 5.75 Å². The van der Waals surface area contributed by atoms with Gasteiger partial charge in [0.05, 0.1) is 0 Å². The number of halogens is 1. The lowest BCUT2D eigenvalue weighted by Gasteiger charge is -2.34. The molecule has 7 heteroatoms. The molecule has 0 saturated carbocycles. The Morgan fingerprint density at radius 3 is 2.41 bits per heavy atom. The number of esters is 1. The molecule has 6 nitrogen and oxygen atoms in total. The number of hydrogen-bond donors (Lipinski definition) is 0. The summed E-state index contributed by atoms with van der Waals surface area (Å²) in [6.07, 6.45) is 0. The third kappa shape index (κ3) is 6.57. The third-order valence-corrected chi connectivity index (χ3v) is 4.74. The predicted molar refractivity (Wildman–Crippen MR) is 106 cm³/mol. The van der Waals surface area contributed by atoms with Crippen molar-refractivity contribution in [1.82, 2.24) is 9.80 Å². The first-order valence-electron chi connectivity index (χ1n) is 9.59. The number of benzene rings is 2. The van der Waals surface area contributed by atoms with E-state index in [2.05, 4.69) is 36.1 Å². The molecule has 0 aliphatic carbocycles. The van der Waals surface area contributed by atoms with Gasteiger partial charge < -0.3 is 14.4 Å². The minimum Gasteiger partial charge on any atom is -0.482 e. The molecule has 0 aromatic heterocycles. The van der Waals surface area contributed by atoms with Crippen LogP contribution in [0.1, 0.15) is 11.1 Å². The number of carbonyl (C=O) groups is 2. The summed E-state index contributed by atoms with van der Waals surface area (Å²) in [5, 5.41) is 0. The Labute approximate surface area is 169 Å². The lowest BCUT2D eigenvalue weighted by Crippen LogP contribution is -2.49. The molecule has 0 atom stereocenters. The molecule has 1 heterocycles. The molecule has 0 bridgehead atoms. The third-order valence-electron chi connectivity index (χ3n) is 4.74. The molecule has 1 aliphatic heterocycles. The Hall–Kier alpha value is -2.93. The van der Waals surface area contributed by atoms with Crippen LogP contribution in [-0.2, 0) is 20.9 Å². The molecule has 29 heavy (non-hydrogen) atoms. The van der Waals surface area contributed by atoms with Gasteiger partial charge in [-0.05, 0) is 36.8 Å². The Morgan fingerprint density at radius 2 is 1.72 bits per heavy atom. The van der Waals surface area contributed by atoms with Crippen molar-refractivity contribution in [2.45, 2.75) is 13.5 Å². The van der Waals surface area contributed by atoms with Crippen LogP contribution in [0.15, 0.2) is 48.5 Å². The first-order valence-corrected chi connectivity index (χ1v) is 9.59. The molecular weight excluding hydrogens is 375 g/mol. The van der Waals surface area contributed by atoms with Gasteiger partial charge in [-0.25, -0.2) is 9.18 Å². The number of nitrogens with zero attached hydrogens (tertiary/aromatic N) is 2. The molecule has 0 unspecified atom stereocenters. The van der Waals surface area contributed by atoms with Crippen LogP contribution in [0, 0.1) is 12.7 Å². The van der Waals surface area contributed by atoms with Gasteiger partial charge in [0.15, 0.2) is 13.2 Å². The zero-order valence-corrected chi connectivity index (χ0v) is 16.5. The highest BCUT2D eigenvalue weighted by atomic mass is 19.1. The van der Waals surface area contributed by atoms with E-state index >= 15 is 0 Å². The average Bonchev–Trinajstić information content (AvgIpc) is 2.72. The lowest BCUT2D eigenvalue weighted by atomic mass is 10.1. The van der Waals surface area contributed by atoms with Gasteiger partial charge in [-0.2, -0.15) is 0 Å². The fourth-order valence-corrected chi connectivity index (χ4v) is 3.17. The number of carbonyl (C=O) groups excluding carboxylic acids is 2. The summed E-state index contributed by atoms with van der Waals surface area (Å²) in [6, 6.07) is 13.7. The number of hydrogen-bond acceptors (Lipinski definition) is 5. The van der Waals surface area contributed by atoms with Crippen molar-refractivity contribution < 1.29 is 23.5 Å². The largest absolute Gasteiger partial charge is 0.482 e. The van der Waals surface area contributed by atoms with Gasteiger partial charge in [-0.1, -0.05) is 29.8 Å². The van der Waals surface area contributed by atoms with Crippen molar-refractivity contribution in [3.05, 3.63) is 65.5 Å². The molecule has 2 aromatic rings. The minimum absolute atomic E-state index is 0.213. The maximum Gasteiger partial charge on any atom is 0.344 e. The number of piperazine rings is 1. The fourth-order valence-electron chi connectivity index (χ4n) is 3.17. The fraction of sp³-hybridized carbons (Fsp3) is 0.364. The summed E-state index contributed by atoms with van der Waals surface area (Å²) >= 11 is 0. The van der Waals surface area contributed by atoms with Crippen LogP contribution >= 0.6 is 0 Å². The molecule has 1 saturated heterocycles. The number of amides is 1. The van der Waals surface area contributed by atoms with E-state index in [1.807, 2.05) is 0 Å². The monoisotopic (exact) mass is 400 g/mol. The zero-order chi connectivity index (χ0) is 20.6. The second-order valence-corrected chi connectivity index (χ2v) is 7.05. The average molecular weight is 400 g/mol. The second kappa shape index (κ2) is 10.0. The van der Waals surface area contributed by atoms with Crippen molar-refractivity contribution in [2.24, 2.45) is 0 Å². The highest BCUT2D eigenvalue weighted by molar-refractivity contribution is 5.81. The van der Waals surface area contributed by atoms with Crippen LogP contribution in [0.5, 0.6) is 5.75 Å². The van der Waals surface area contributed by atoms with Gasteiger partial charge in [0.1, 0.15) is 11.6 Å². The molecule has 0 radical (unpaired) electrons. The molecular formula is C22H25FN2O4. The molecule has 0 N–H and O–H groups in total. The van der Waals surface area contributed by atoms with Crippen LogP contribution in [0.25, 0.3) is 0 Å². The van der Waals surface area contributed by atoms with E-state index in [0.29, 0.717) is 18.8 Å². The van der Waals surface area contributed by atoms with Gasteiger partial charge in [0.25, 0.3) is 5.91 Å². The molecule has 0 spiro atoms. The van der Waals surface area contributed by atoms with E-state index in [9.17, 15) is 14.0 Å². The van der Waals surface area contributed by atoms with Crippen molar-refractivity contribution >= 4 is 11.9 Å². The van der Waals surface area contributed by atoms with Crippen LogP contribution in [-0.4, -0.2) is 61.1 Å². The highest BCUT2D eigenvalue weighted by Crippen LogP contribution is 2.12. The van der Waals surface area contributed by atoms with Gasteiger partial charge in [-0.3, -0.25) is 9.69 Å². The van der Waals surface area contributed by atoms with Crippen LogP contribution in [0.2, 0.25) is 0 Å². The smallest absolute Gasteiger partial charge is 0.344 e. The van der Waals surface area contributed by atoms with E-state index < -0.39 is 5.97 Å². The molecule has 1 aliphatic rings. The zero-order valence-electron chi connectivity index (χ0n) is 16.5. The quantitative estimate of drug-likeness (QED) is 0.668. The maximum absolute atomic E-state index is 12.8. The second-order valence-electron chi connectivity index (χ2n) is 7.05. The Kier molecular flexibility index (Phi) is 7.19. The Balaban J connectivity index is 1.35. The first kappa shape index (κ1) is 20.8. The predicted octanol–water partition coefficient (Wildman–Crippen LogP) is 2.40. The van der Waals surface area contributed by atoms with Gasteiger partial charge in [0, 0.05) is 32.7 Å². The van der Waals surface area contributed by atoms with Crippen molar-refractivity contribution in [1.29, 1.82) is 0 Å². The summed E-state index contributed by atoms with van der Waals surface area (Å²) in [6.45, 7) is 5.07. The molecule has 154 valence electrons. The number of aryl methyl sites for hydroxylation is 1. The molecule has 3 rings (SSSR count). The summed E-state index contributed by atoms with van der Waals surface area (Å²) in [5.41, 5.74) is 2.50. The minimum atomic E-state index is -0.638. The van der Waals surface area contributed by atoms with E-state index in [4.69, 9.17) is 9.47 Å². The number of rotatable bonds is 7. The topological polar surface area (TPSA) is 59.1 Å². The molecule has 1 fully saturated rings. The first-order chi connectivity index (χ1) is 14.0. The van der Waals surface area contributed by atoms with Crippen LogP contribution in [0.3, 0.4) is 0 Å². The summed E-state index contributed by atoms with van der Waals surface area (Å²) in [4.78, 5) is 28.0. The van der Waals surface area contributed by atoms with E-state index in [-0.39, 0.29) is 24.9 Å². The van der Waals surface area contributed by atoms with Crippen LogP contribution in [0.4, 0.5) is 4.39 Å². The van der Waals surface area contributed by atoms with Gasteiger partial charge >= 0.3 is 5.97 Å². The van der Waals surface area contributed by atoms with Gasteiger partial charge in [0.2, 0.25) is 0 Å². The SMILES string of the molecule is Cc1cccc(CN2CCN(C(=O)COC(=O)COc3ccc(F)cc3)CC2)c1. The lowest BCUT2D eigenvalue weighted by molar-refractivity contribution is -0.154. The Morgan fingerprint density at radius 1 is 1.00 bits per heavy atom. The van der Waals surface area contributed by atoms with Crippen molar-refractivity contribution in [2.75, 3.05) is 39.4 Å². The van der Waals surface area contributed by atoms with Crippen LogP contribution < -0.4 is 4.74 Å². The number of ether oxygens (including phenoxy) is 2. The Bertz CT molecular complexity index is 833.